The van der Waals surface area contributed by atoms with Crippen LogP contribution in [0.15, 0.2) is 82.8 Å². The molecule has 0 saturated carbocycles. The molecule has 10 heteroatoms. The summed E-state index contributed by atoms with van der Waals surface area (Å²) in [5, 5.41) is 13.0. The van der Waals surface area contributed by atoms with E-state index in [2.05, 4.69) is 10.5 Å². The number of hydrogen-bond acceptors (Lipinski definition) is 6. The number of anilines is 1. The number of ether oxygens (including phenoxy) is 1. The van der Waals surface area contributed by atoms with E-state index < -0.39 is 28.4 Å². The number of carboxylic acid groups (broad SMARTS) is 1. The highest BCUT2D eigenvalue weighted by molar-refractivity contribution is 7.92. The molecule has 0 heterocycles. The quantitative estimate of drug-likeness (QED) is 0.357. The molecule has 0 aromatic heterocycles. The number of carboxylic acids is 1. The maximum atomic E-state index is 13.4. The van der Waals surface area contributed by atoms with E-state index in [0.29, 0.717) is 5.75 Å². The van der Waals surface area contributed by atoms with Crippen molar-refractivity contribution < 1.29 is 27.9 Å². The summed E-state index contributed by atoms with van der Waals surface area (Å²) in [5.74, 6) is -1.32. The fraction of sp³-hybridized carbons (Fsp3) is 0.125. The summed E-state index contributed by atoms with van der Waals surface area (Å²) >= 11 is 0. The number of benzene rings is 3. The SMILES string of the molecule is COc1ccc(N(CC(=O)N/N=C\c2ccccc2C(=O)O)S(=O)(=O)c2ccc(C)cc2)cc1. The van der Waals surface area contributed by atoms with Crippen molar-refractivity contribution in [3.8, 4) is 5.75 Å². The van der Waals surface area contributed by atoms with Crippen molar-refractivity contribution in [2.45, 2.75) is 11.8 Å². The van der Waals surface area contributed by atoms with Gasteiger partial charge in [0.25, 0.3) is 15.9 Å². The first kappa shape index (κ1) is 24.5. The molecule has 0 radical (unpaired) electrons. The summed E-state index contributed by atoms with van der Waals surface area (Å²) in [6, 6.07) is 18.7. The van der Waals surface area contributed by atoms with E-state index in [1.807, 2.05) is 6.92 Å². The Labute approximate surface area is 197 Å². The van der Waals surface area contributed by atoms with Crippen LogP contribution >= 0.6 is 0 Å². The van der Waals surface area contributed by atoms with Gasteiger partial charge in [-0.1, -0.05) is 35.9 Å². The molecule has 3 rings (SSSR count). The highest BCUT2D eigenvalue weighted by Crippen LogP contribution is 2.26. The van der Waals surface area contributed by atoms with Gasteiger partial charge in [0.1, 0.15) is 12.3 Å². The number of hydrazone groups is 1. The number of nitrogens with one attached hydrogen (secondary N) is 1. The van der Waals surface area contributed by atoms with E-state index in [-0.39, 0.29) is 21.7 Å². The molecule has 3 aromatic rings. The zero-order chi connectivity index (χ0) is 24.7. The molecule has 0 aliphatic rings. The number of amides is 1. The third kappa shape index (κ3) is 5.78. The van der Waals surface area contributed by atoms with Gasteiger partial charge >= 0.3 is 5.97 Å². The lowest BCUT2D eigenvalue weighted by Crippen LogP contribution is -2.39. The minimum Gasteiger partial charge on any atom is -0.497 e. The van der Waals surface area contributed by atoms with E-state index >= 15 is 0 Å². The molecule has 0 aliphatic carbocycles. The summed E-state index contributed by atoms with van der Waals surface area (Å²) in [6.07, 6.45) is 1.19. The standard InChI is InChI=1S/C24H23N3O6S/c1-17-7-13-21(14-8-17)34(31,32)27(19-9-11-20(33-2)12-10-19)16-23(28)26-25-15-18-5-3-4-6-22(18)24(29)30/h3-15H,16H2,1-2H3,(H,26,28)(H,29,30)/b25-15-. The van der Waals surface area contributed by atoms with Gasteiger partial charge in [0.05, 0.1) is 29.5 Å². The fourth-order valence-electron chi connectivity index (χ4n) is 3.04. The number of aromatic carboxylic acids is 1. The molecule has 0 bridgehead atoms. The maximum Gasteiger partial charge on any atom is 0.336 e. The Morgan fingerprint density at radius 2 is 1.68 bits per heavy atom. The molecule has 0 atom stereocenters. The lowest BCUT2D eigenvalue weighted by molar-refractivity contribution is -0.119. The predicted molar refractivity (Wildman–Crippen MR) is 128 cm³/mol. The molecule has 9 nitrogen and oxygen atoms in total. The summed E-state index contributed by atoms with van der Waals surface area (Å²) < 4.78 is 32.8. The van der Waals surface area contributed by atoms with Crippen LogP contribution in [0.4, 0.5) is 5.69 Å². The van der Waals surface area contributed by atoms with Gasteiger partial charge in [-0.3, -0.25) is 9.10 Å². The van der Waals surface area contributed by atoms with Gasteiger partial charge in [0, 0.05) is 5.56 Å². The number of sulfonamides is 1. The van der Waals surface area contributed by atoms with Crippen molar-refractivity contribution >= 4 is 33.8 Å². The first-order chi connectivity index (χ1) is 16.2. The van der Waals surface area contributed by atoms with Crippen molar-refractivity contribution in [3.63, 3.8) is 0 Å². The van der Waals surface area contributed by atoms with Gasteiger partial charge in [-0.2, -0.15) is 5.10 Å². The first-order valence-electron chi connectivity index (χ1n) is 10.1. The predicted octanol–water partition coefficient (Wildman–Crippen LogP) is 3.05. The van der Waals surface area contributed by atoms with Gasteiger partial charge < -0.3 is 9.84 Å². The van der Waals surface area contributed by atoms with E-state index in [1.54, 1.807) is 36.4 Å². The van der Waals surface area contributed by atoms with Gasteiger partial charge in [-0.05, 0) is 49.4 Å². The van der Waals surface area contributed by atoms with Crippen LogP contribution in [0, 0.1) is 6.92 Å². The average Bonchev–Trinajstić information content (AvgIpc) is 2.83. The Bertz CT molecular complexity index is 1300. The van der Waals surface area contributed by atoms with Gasteiger partial charge in [0.2, 0.25) is 0 Å². The Balaban J connectivity index is 1.86. The van der Waals surface area contributed by atoms with Crippen LogP contribution in [-0.2, 0) is 14.8 Å². The third-order valence-corrected chi connectivity index (χ3v) is 6.63. The average molecular weight is 482 g/mol. The van der Waals surface area contributed by atoms with Crippen molar-refractivity contribution in [1.29, 1.82) is 0 Å². The Morgan fingerprint density at radius 1 is 1.03 bits per heavy atom. The van der Waals surface area contributed by atoms with E-state index in [0.717, 1.165) is 9.87 Å². The molecule has 0 unspecified atom stereocenters. The molecule has 1 amide bonds. The van der Waals surface area contributed by atoms with Crippen molar-refractivity contribution in [2.24, 2.45) is 5.10 Å². The lowest BCUT2D eigenvalue weighted by Gasteiger charge is -2.24. The number of nitrogens with zero attached hydrogens (tertiary/aromatic N) is 2. The van der Waals surface area contributed by atoms with Crippen LogP contribution in [0.5, 0.6) is 5.75 Å². The Morgan fingerprint density at radius 3 is 2.29 bits per heavy atom. The Kier molecular flexibility index (Phi) is 7.64. The molecule has 34 heavy (non-hydrogen) atoms. The number of carbonyl (C=O) groups excluding carboxylic acids is 1. The zero-order valence-corrected chi connectivity index (χ0v) is 19.3. The van der Waals surface area contributed by atoms with Gasteiger partial charge in [-0.25, -0.2) is 18.6 Å². The highest BCUT2D eigenvalue weighted by Gasteiger charge is 2.27. The molecule has 3 aromatic carbocycles. The molecule has 0 saturated heterocycles. The van der Waals surface area contributed by atoms with Gasteiger partial charge in [-0.15, -0.1) is 0 Å². The largest absolute Gasteiger partial charge is 0.497 e. The molecule has 176 valence electrons. The Hall–Kier alpha value is -4.18. The summed E-state index contributed by atoms with van der Waals surface area (Å²) in [6.45, 7) is 1.28. The molecule has 0 spiro atoms. The van der Waals surface area contributed by atoms with Crippen LogP contribution < -0.4 is 14.5 Å². The lowest BCUT2D eigenvalue weighted by atomic mass is 10.1. The van der Waals surface area contributed by atoms with Crippen molar-refractivity contribution in [2.75, 3.05) is 18.0 Å². The van der Waals surface area contributed by atoms with Crippen LogP contribution in [-0.4, -0.2) is 45.3 Å². The minimum atomic E-state index is -4.08. The monoisotopic (exact) mass is 481 g/mol. The van der Waals surface area contributed by atoms with Gasteiger partial charge in [0.15, 0.2) is 0 Å². The number of hydrogen-bond donors (Lipinski definition) is 2. The number of carbonyl (C=O) groups is 2. The second-order valence-electron chi connectivity index (χ2n) is 7.21. The van der Waals surface area contributed by atoms with Crippen LogP contribution in [0.1, 0.15) is 21.5 Å². The van der Waals surface area contributed by atoms with E-state index in [9.17, 15) is 23.1 Å². The summed E-state index contributed by atoms with van der Waals surface area (Å²) in [7, 11) is -2.59. The summed E-state index contributed by atoms with van der Waals surface area (Å²) in [4.78, 5) is 23.9. The number of rotatable bonds is 9. The normalized spacial score (nSPS) is 11.2. The molecule has 0 aliphatic heterocycles. The topological polar surface area (TPSA) is 125 Å². The van der Waals surface area contributed by atoms with Crippen molar-refractivity contribution in [3.05, 3.63) is 89.5 Å². The van der Waals surface area contributed by atoms with Crippen LogP contribution in [0.3, 0.4) is 0 Å². The maximum absolute atomic E-state index is 13.4. The molecular weight excluding hydrogens is 458 g/mol. The molecule has 0 fully saturated rings. The smallest absolute Gasteiger partial charge is 0.336 e. The van der Waals surface area contributed by atoms with E-state index in [1.165, 1.54) is 49.7 Å². The number of aryl methyl sites for hydroxylation is 1. The van der Waals surface area contributed by atoms with E-state index in [4.69, 9.17) is 4.74 Å². The first-order valence-corrected chi connectivity index (χ1v) is 11.5. The van der Waals surface area contributed by atoms with Crippen molar-refractivity contribution in [1.82, 2.24) is 5.43 Å². The second-order valence-corrected chi connectivity index (χ2v) is 9.07. The second kappa shape index (κ2) is 10.6. The highest BCUT2D eigenvalue weighted by atomic mass is 32.2. The third-order valence-electron chi connectivity index (χ3n) is 4.84. The molecular formula is C24H23N3O6S. The zero-order valence-electron chi connectivity index (χ0n) is 18.5. The van der Waals surface area contributed by atoms with Crippen LogP contribution in [0.25, 0.3) is 0 Å². The fourth-order valence-corrected chi connectivity index (χ4v) is 4.47. The minimum absolute atomic E-state index is 0.0160. The summed E-state index contributed by atoms with van der Waals surface area (Å²) in [5.41, 5.74) is 3.72. The van der Waals surface area contributed by atoms with Crippen LogP contribution in [0.2, 0.25) is 0 Å². The number of methoxy groups -OCH3 is 1. The molecule has 2 N–H and O–H groups in total.